The van der Waals surface area contributed by atoms with Gasteiger partial charge in [-0.05, 0) is 24.3 Å². The Kier molecular flexibility index (Phi) is 4.75. The molecule has 1 N–H and O–H groups in total. The maximum atomic E-state index is 14.0. The molecule has 2 heterocycles. The number of carbonyl (C=O) groups excluding carboxylic acids is 2. The molecule has 0 aliphatic carbocycles. The molecule has 3 aromatic rings. The largest absolute Gasteiger partial charge is 0.508 e. The fourth-order valence-corrected chi connectivity index (χ4v) is 3.37. The van der Waals surface area contributed by atoms with Crippen molar-refractivity contribution in [1.29, 1.82) is 0 Å². The van der Waals surface area contributed by atoms with Crippen molar-refractivity contribution in [2.45, 2.75) is 13.0 Å². The summed E-state index contributed by atoms with van der Waals surface area (Å²) in [6.45, 7) is -0.180. The molecule has 0 bridgehead atoms. The molecule has 7 nitrogen and oxygen atoms in total. The van der Waals surface area contributed by atoms with Gasteiger partial charge in [0.2, 0.25) is 5.91 Å². The van der Waals surface area contributed by atoms with Crippen LogP contribution in [0.15, 0.2) is 57.7 Å². The summed E-state index contributed by atoms with van der Waals surface area (Å²) in [4.78, 5) is 37.7. The van der Waals surface area contributed by atoms with Crippen LogP contribution in [0.3, 0.4) is 0 Å². The second-order valence-electron chi connectivity index (χ2n) is 6.74. The molecule has 0 unspecified atom stereocenters. The Hall–Kier alpha value is -3.68. The maximum Gasteiger partial charge on any atom is 0.336 e. The standard InChI is InChI=1S/C21H16FNO6/c22-16-3-1-2-4-17(16)23-10-12(7-19(23)25)21(27)28-11-13-8-20(26)29-18-9-14(24)5-6-15(13)18/h1-6,8-9,12,24H,7,10-11H2/t12-/m0/s1. The van der Waals surface area contributed by atoms with E-state index >= 15 is 0 Å². The lowest BCUT2D eigenvalue weighted by Gasteiger charge is -2.17. The van der Waals surface area contributed by atoms with Crippen LogP contribution >= 0.6 is 0 Å². The Morgan fingerprint density at radius 1 is 1.21 bits per heavy atom. The van der Waals surface area contributed by atoms with E-state index in [1.165, 1.54) is 41.3 Å². The monoisotopic (exact) mass is 397 g/mol. The first kappa shape index (κ1) is 18.7. The summed E-state index contributed by atoms with van der Waals surface area (Å²) in [5, 5.41) is 10.0. The van der Waals surface area contributed by atoms with E-state index in [0.717, 1.165) is 0 Å². The number of anilines is 1. The summed E-state index contributed by atoms with van der Waals surface area (Å²) in [6.07, 6.45) is -0.0846. The highest BCUT2D eigenvalue weighted by Gasteiger charge is 2.37. The van der Waals surface area contributed by atoms with Gasteiger partial charge in [0.1, 0.15) is 23.8 Å². The summed E-state index contributed by atoms with van der Waals surface area (Å²) in [5.41, 5.74) is 0.0698. The number of hydrogen-bond donors (Lipinski definition) is 1. The van der Waals surface area contributed by atoms with Gasteiger partial charge in [-0.1, -0.05) is 12.1 Å². The molecule has 0 radical (unpaired) electrons. The molecule has 29 heavy (non-hydrogen) atoms. The number of rotatable bonds is 4. The molecule has 1 fully saturated rings. The van der Waals surface area contributed by atoms with E-state index in [1.807, 2.05) is 0 Å². The predicted octanol–water partition coefficient (Wildman–Crippen LogP) is 2.73. The number of esters is 1. The van der Waals surface area contributed by atoms with Gasteiger partial charge in [0.25, 0.3) is 0 Å². The van der Waals surface area contributed by atoms with Crippen LogP contribution in [0.2, 0.25) is 0 Å². The number of phenols is 1. The van der Waals surface area contributed by atoms with Gasteiger partial charge in [0.05, 0.1) is 11.6 Å². The molecular formula is C21H16FNO6. The number of para-hydroxylation sites is 1. The lowest BCUT2D eigenvalue weighted by Crippen LogP contribution is -2.27. The van der Waals surface area contributed by atoms with Gasteiger partial charge in [-0.15, -0.1) is 0 Å². The Morgan fingerprint density at radius 2 is 2.00 bits per heavy atom. The number of fused-ring (bicyclic) bond motifs is 1. The van der Waals surface area contributed by atoms with E-state index in [1.54, 1.807) is 12.1 Å². The number of aromatic hydroxyl groups is 1. The molecular weight excluding hydrogens is 381 g/mol. The molecule has 1 aliphatic heterocycles. The third kappa shape index (κ3) is 3.69. The first-order valence-electron chi connectivity index (χ1n) is 8.89. The minimum atomic E-state index is -0.738. The highest BCUT2D eigenvalue weighted by atomic mass is 19.1. The molecule has 1 atom stereocenters. The van der Waals surface area contributed by atoms with Crippen molar-refractivity contribution in [3.63, 3.8) is 0 Å². The van der Waals surface area contributed by atoms with Crippen LogP contribution in [-0.4, -0.2) is 23.5 Å². The third-order valence-corrected chi connectivity index (χ3v) is 4.79. The zero-order valence-electron chi connectivity index (χ0n) is 15.1. The zero-order chi connectivity index (χ0) is 20.5. The van der Waals surface area contributed by atoms with E-state index in [0.29, 0.717) is 10.9 Å². The second-order valence-corrected chi connectivity index (χ2v) is 6.74. The van der Waals surface area contributed by atoms with Crippen molar-refractivity contribution in [1.82, 2.24) is 0 Å². The molecule has 2 aromatic carbocycles. The van der Waals surface area contributed by atoms with E-state index in [9.17, 15) is 23.9 Å². The minimum absolute atomic E-state index is 0.0180. The van der Waals surface area contributed by atoms with Crippen LogP contribution in [0.5, 0.6) is 5.75 Å². The summed E-state index contributed by atoms with van der Waals surface area (Å²) < 4.78 is 24.3. The van der Waals surface area contributed by atoms with Crippen LogP contribution in [-0.2, 0) is 20.9 Å². The van der Waals surface area contributed by atoms with Gasteiger partial charge in [-0.2, -0.15) is 0 Å². The van der Waals surface area contributed by atoms with Crippen LogP contribution in [0, 0.1) is 11.7 Å². The Balaban J connectivity index is 1.49. The van der Waals surface area contributed by atoms with Gasteiger partial charge < -0.3 is 19.2 Å². The summed E-state index contributed by atoms with van der Waals surface area (Å²) in [7, 11) is 0. The lowest BCUT2D eigenvalue weighted by atomic mass is 10.1. The SMILES string of the molecule is O=C(OCc1cc(=O)oc2cc(O)ccc12)[C@H]1CC(=O)N(c2ccccc2F)C1. The number of ether oxygens (including phenoxy) is 1. The fraction of sp³-hybridized carbons (Fsp3) is 0.190. The van der Waals surface area contributed by atoms with Gasteiger partial charge in [-0.3, -0.25) is 9.59 Å². The smallest absolute Gasteiger partial charge is 0.336 e. The van der Waals surface area contributed by atoms with Crippen LogP contribution in [0.1, 0.15) is 12.0 Å². The second kappa shape index (κ2) is 7.38. The minimum Gasteiger partial charge on any atom is -0.508 e. The van der Waals surface area contributed by atoms with Gasteiger partial charge in [-0.25, -0.2) is 9.18 Å². The van der Waals surface area contributed by atoms with Crippen LogP contribution in [0.25, 0.3) is 11.0 Å². The van der Waals surface area contributed by atoms with Crippen molar-refractivity contribution in [2.24, 2.45) is 5.92 Å². The van der Waals surface area contributed by atoms with Crippen molar-refractivity contribution in [2.75, 3.05) is 11.4 Å². The number of nitrogens with zero attached hydrogens (tertiary/aromatic N) is 1. The van der Waals surface area contributed by atoms with Gasteiger partial charge in [0.15, 0.2) is 0 Å². The Bertz CT molecular complexity index is 1170. The molecule has 1 aromatic heterocycles. The van der Waals surface area contributed by atoms with E-state index in [4.69, 9.17) is 9.15 Å². The Labute approximate surface area is 163 Å². The molecule has 4 rings (SSSR count). The van der Waals surface area contributed by atoms with Crippen LogP contribution in [0.4, 0.5) is 10.1 Å². The van der Waals surface area contributed by atoms with Crippen LogP contribution < -0.4 is 10.5 Å². The molecule has 0 spiro atoms. The van der Waals surface area contributed by atoms with Gasteiger partial charge >= 0.3 is 11.6 Å². The predicted molar refractivity (Wildman–Crippen MR) is 101 cm³/mol. The first-order valence-corrected chi connectivity index (χ1v) is 8.89. The number of phenolic OH excluding ortho intramolecular Hbond substituents is 1. The summed E-state index contributed by atoms with van der Waals surface area (Å²) in [5.74, 6) is -2.32. The number of benzene rings is 2. The molecule has 0 saturated carbocycles. The van der Waals surface area contributed by atoms with E-state index < -0.39 is 23.3 Å². The molecule has 1 amide bonds. The first-order chi connectivity index (χ1) is 13.9. The maximum absolute atomic E-state index is 14.0. The van der Waals surface area contributed by atoms with E-state index in [2.05, 4.69) is 0 Å². The highest BCUT2D eigenvalue weighted by Crippen LogP contribution is 2.28. The zero-order valence-corrected chi connectivity index (χ0v) is 15.1. The van der Waals surface area contributed by atoms with Crippen molar-refractivity contribution in [3.05, 3.63) is 70.3 Å². The normalized spacial score (nSPS) is 16.4. The van der Waals surface area contributed by atoms with Crippen molar-refractivity contribution >= 4 is 28.5 Å². The van der Waals surface area contributed by atoms with Gasteiger partial charge in [0, 0.05) is 36.0 Å². The number of hydrogen-bond acceptors (Lipinski definition) is 6. The van der Waals surface area contributed by atoms with Crippen molar-refractivity contribution in [3.8, 4) is 5.75 Å². The molecule has 1 saturated heterocycles. The molecule has 1 aliphatic rings. The van der Waals surface area contributed by atoms with E-state index in [-0.39, 0.29) is 42.5 Å². The third-order valence-electron chi connectivity index (χ3n) is 4.79. The highest BCUT2D eigenvalue weighted by molar-refractivity contribution is 5.99. The number of amides is 1. The summed E-state index contributed by atoms with van der Waals surface area (Å²) in [6, 6.07) is 11.3. The summed E-state index contributed by atoms with van der Waals surface area (Å²) >= 11 is 0. The quantitative estimate of drug-likeness (QED) is 0.537. The Morgan fingerprint density at radius 3 is 2.79 bits per heavy atom. The number of carbonyl (C=O) groups is 2. The number of halogens is 1. The lowest BCUT2D eigenvalue weighted by molar-refractivity contribution is -0.149. The average Bonchev–Trinajstić information content (AvgIpc) is 3.07. The fourth-order valence-electron chi connectivity index (χ4n) is 3.37. The molecule has 148 valence electrons. The molecule has 8 heteroatoms. The van der Waals surface area contributed by atoms with Crippen molar-refractivity contribution < 1.29 is 28.2 Å². The topological polar surface area (TPSA) is 97.0 Å². The average molecular weight is 397 g/mol.